The average molecular weight is 572 g/mol. The molecular weight excluding hydrogens is 558 g/mol. The second kappa shape index (κ2) is 10.2. The van der Waals surface area contributed by atoms with Crippen molar-refractivity contribution in [3.8, 4) is 0 Å². The Bertz CT molecular complexity index is 776. The van der Waals surface area contributed by atoms with E-state index in [4.69, 9.17) is 65.4 Å². The van der Waals surface area contributed by atoms with Crippen molar-refractivity contribution in [2.75, 3.05) is 0 Å². The number of hydrogen-bond donors (Lipinski definition) is 2. The molecule has 31 heavy (non-hydrogen) atoms. The number of rotatable bonds is 4. The minimum absolute atomic E-state index is 0.0526. The first-order valence-corrected chi connectivity index (χ1v) is 11.5. The smallest absolute Gasteiger partial charge is 0.380 e. The third-order valence-electron chi connectivity index (χ3n) is 4.12. The van der Waals surface area contributed by atoms with Crippen LogP contribution >= 0.6 is 83.4 Å². The fourth-order valence-electron chi connectivity index (χ4n) is 2.67. The van der Waals surface area contributed by atoms with Gasteiger partial charge in [-0.3, -0.25) is 0 Å². The van der Waals surface area contributed by atoms with Crippen LogP contribution in [0.15, 0.2) is 24.3 Å². The van der Waals surface area contributed by atoms with Crippen LogP contribution in [0.5, 0.6) is 0 Å². The molecule has 0 spiro atoms. The van der Waals surface area contributed by atoms with Gasteiger partial charge in [0.25, 0.3) is 0 Å². The first-order valence-electron chi connectivity index (χ1n) is 8.27. The van der Waals surface area contributed by atoms with E-state index < -0.39 is 41.4 Å². The van der Waals surface area contributed by atoms with E-state index in [1.54, 1.807) is 24.3 Å². The predicted molar refractivity (Wildman–Crippen MR) is 123 cm³/mol. The van der Waals surface area contributed by atoms with Crippen LogP contribution in [0.2, 0.25) is 0 Å². The van der Waals surface area contributed by atoms with Crippen LogP contribution in [0, 0.1) is 0 Å². The van der Waals surface area contributed by atoms with Gasteiger partial charge < -0.3 is 18.9 Å². The van der Waals surface area contributed by atoms with E-state index in [9.17, 15) is 19.2 Å². The van der Waals surface area contributed by atoms with Crippen LogP contribution in [-0.2, 0) is 18.9 Å². The summed E-state index contributed by atoms with van der Waals surface area (Å²) < 4.78 is 20.0. The zero-order valence-electron chi connectivity index (χ0n) is 15.2. The van der Waals surface area contributed by atoms with Gasteiger partial charge in [-0.05, 0) is 0 Å². The molecule has 0 aromatic rings. The van der Waals surface area contributed by atoms with Gasteiger partial charge in [-0.1, -0.05) is 96.0 Å². The second-order valence-electron chi connectivity index (χ2n) is 6.22. The van der Waals surface area contributed by atoms with E-state index in [-0.39, 0.29) is 37.4 Å². The summed E-state index contributed by atoms with van der Waals surface area (Å²) in [6.07, 6.45) is 5.78. The summed E-state index contributed by atoms with van der Waals surface area (Å²) in [6, 6.07) is 0. The molecular formula is C16H14Cl4O8S3. The lowest BCUT2D eigenvalue weighted by Crippen LogP contribution is -2.52. The van der Waals surface area contributed by atoms with E-state index in [2.05, 4.69) is 25.3 Å². The van der Waals surface area contributed by atoms with Crippen LogP contribution in [0.25, 0.3) is 0 Å². The molecule has 0 N–H and O–H groups in total. The van der Waals surface area contributed by atoms with Gasteiger partial charge in [0.1, 0.15) is 0 Å². The topological polar surface area (TPSA) is 105 Å². The van der Waals surface area contributed by atoms with Crippen molar-refractivity contribution < 1.29 is 38.1 Å². The molecule has 4 unspecified atom stereocenters. The zero-order valence-corrected chi connectivity index (χ0v) is 20.8. The summed E-state index contributed by atoms with van der Waals surface area (Å²) in [5.41, 5.74) is 0. The highest BCUT2D eigenvalue weighted by Gasteiger charge is 2.58. The lowest BCUT2D eigenvalue weighted by atomic mass is 9.99. The molecule has 0 radical (unpaired) electrons. The van der Waals surface area contributed by atoms with E-state index in [1.165, 1.54) is 0 Å². The van der Waals surface area contributed by atoms with Crippen LogP contribution < -0.4 is 0 Å². The van der Waals surface area contributed by atoms with Crippen molar-refractivity contribution in [1.82, 2.24) is 0 Å². The summed E-state index contributed by atoms with van der Waals surface area (Å²) in [4.78, 5) is 47.1. The van der Waals surface area contributed by atoms with Crippen LogP contribution in [0.1, 0.15) is 25.7 Å². The van der Waals surface area contributed by atoms with Crippen molar-refractivity contribution in [3.63, 3.8) is 0 Å². The second-order valence-corrected chi connectivity index (χ2v) is 10.3. The third-order valence-corrected chi connectivity index (χ3v) is 7.15. The molecule has 0 aromatic heterocycles. The maximum absolute atomic E-state index is 12.3. The number of thioether (sulfide) groups is 1. The molecule has 0 saturated carbocycles. The van der Waals surface area contributed by atoms with Crippen molar-refractivity contribution in [2.24, 2.45) is 0 Å². The zero-order chi connectivity index (χ0) is 23.5. The summed E-state index contributed by atoms with van der Waals surface area (Å²) in [5, 5.41) is -12.5. The van der Waals surface area contributed by atoms with Crippen molar-refractivity contribution in [1.29, 1.82) is 0 Å². The Balaban J connectivity index is 2.09. The monoisotopic (exact) mass is 570 g/mol. The van der Waals surface area contributed by atoms with Gasteiger partial charge >= 0.3 is 21.2 Å². The third kappa shape index (κ3) is 6.33. The molecule has 8 nitrogen and oxygen atoms in total. The van der Waals surface area contributed by atoms with Crippen molar-refractivity contribution in [2.45, 2.75) is 45.9 Å². The van der Waals surface area contributed by atoms with Gasteiger partial charge in [-0.15, -0.1) is 0 Å². The van der Waals surface area contributed by atoms with Crippen LogP contribution in [0.4, 0.5) is 19.2 Å². The van der Waals surface area contributed by atoms with Crippen molar-refractivity contribution >= 4 is 105 Å². The Hall–Kier alpha value is -0.430. The number of halogens is 4. The summed E-state index contributed by atoms with van der Waals surface area (Å²) in [6.45, 7) is 0. The maximum Gasteiger partial charge on any atom is 0.380 e. The SMILES string of the molecule is O=C(S)OC1(Cl)CC=CCC1(Cl)OC(=O)SC(=O)OC1(Cl)CC=CCC1(Cl)OC(=O)S. The molecule has 0 aliphatic heterocycles. The van der Waals surface area contributed by atoms with E-state index in [0.29, 0.717) is 0 Å². The van der Waals surface area contributed by atoms with Gasteiger partial charge in [-0.2, -0.15) is 0 Å². The molecule has 2 aliphatic carbocycles. The van der Waals surface area contributed by atoms with E-state index in [1.807, 2.05) is 0 Å². The van der Waals surface area contributed by atoms with Gasteiger partial charge in [0.15, 0.2) is 0 Å². The largest absolute Gasteiger partial charge is 0.429 e. The molecule has 172 valence electrons. The lowest BCUT2D eigenvalue weighted by Gasteiger charge is -2.41. The molecule has 0 aromatic carbocycles. The Morgan fingerprint density at radius 3 is 1.13 bits per heavy atom. The van der Waals surface area contributed by atoms with E-state index in [0.717, 1.165) is 0 Å². The number of carbonyl (C=O) groups excluding carboxylic acids is 4. The lowest BCUT2D eigenvalue weighted by molar-refractivity contribution is -0.0480. The minimum Gasteiger partial charge on any atom is -0.429 e. The molecule has 0 saturated heterocycles. The number of carbonyl (C=O) groups is 4. The molecule has 0 fully saturated rings. The fraction of sp³-hybridized carbons (Fsp3) is 0.500. The minimum atomic E-state index is -2.03. The molecule has 2 aliphatic rings. The highest BCUT2D eigenvalue weighted by molar-refractivity contribution is 8.25. The molecule has 0 heterocycles. The number of alkyl halides is 4. The summed E-state index contributed by atoms with van der Waals surface area (Å²) >= 11 is 32.0. The van der Waals surface area contributed by atoms with Gasteiger partial charge in [0.05, 0.1) is 11.8 Å². The van der Waals surface area contributed by atoms with Crippen molar-refractivity contribution in [3.05, 3.63) is 24.3 Å². The normalized spacial score (nSPS) is 34.5. The Morgan fingerprint density at radius 1 is 0.613 bits per heavy atom. The Labute approximate surface area is 212 Å². The van der Waals surface area contributed by atoms with Gasteiger partial charge in [-0.25, -0.2) is 19.2 Å². The summed E-state index contributed by atoms with van der Waals surface area (Å²) in [5.74, 6) is 0. The number of ether oxygens (including phenoxy) is 4. The highest BCUT2D eigenvalue weighted by atomic mass is 35.5. The molecule has 0 amide bonds. The standard InChI is InChI=1S/C16H14Cl4O8S3/c17-13(25-9(21)29)5-1-3-7-15(13,19)27-11(23)31-12(24)28-16(20)8-4-2-6-14(16,18)26-10(22)30/h1-4H,5-8H2,(H,21,29)(H,22,30). The summed E-state index contributed by atoms with van der Waals surface area (Å²) in [7, 11) is 0. The van der Waals surface area contributed by atoms with Crippen LogP contribution in [0.3, 0.4) is 0 Å². The van der Waals surface area contributed by atoms with Crippen LogP contribution in [-0.4, -0.2) is 41.4 Å². The Morgan fingerprint density at radius 2 is 0.871 bits per heavy atom. The van der Waals surface area contributed by atoms with Gasteiger partial charge in [0.2, 0.25) is 20.2 Å². The number of thiol groups is 2. The Kier molecular flexibility index (Phi) is 8.85. The first kappa shape index (κ1) is 26.8. The average Bonchev–Trinajstić information content (AvgIpc) is 2.59. The first-order chi connectivity index (χ1) is 14.2. The molecule has 0 bridgehead atoms. The van der Waals surface area contributed by atoms with E-state index >= 15 is 0 Å². The molecule has 4 atom stereocenters. The quantitative estimate of drug-likeness (QED) is 0.127. The molecule has 15 heteroatoms. The maximum atomic E-state index is 12.3. The number of hydrogen-bond acceptors (Lipinski definition) is 9. The molecule has 2 rings (SSSR count). The van der Waals surface area contributed by atoms with Gasteiger partial charge in [0, 0.05) is 25.7 Å². The predicted octanol–water partition coefficient (Wildman–Crippen LogP) is 6.57. The highest BCUT2D eigenvalue weighted by Crippen LogP contribution is 2.49. The fourth-order valence-corrected chi connectivity index (χ4v) is 4.79.